The predicted molar refractivity (Wildman–Crippen MR) is 120 cm³/mol. The molecule has 0 spiro atoms. The van der Waals surface area contributed by atoms with Crippen LogP contribution in [0.1, 0.15) is 65.2 Å². The van der Waals surface area contributed by atoms with Gasteiger partial charge in [-0.15, -0.1) is 0 Å². The molecule has 0 aromatic heterocycles. The number of hydrogen-bond donors (Lipinski definition) is 2. The van der Waals surface area contributed by atoms with Crippen LogP contribution in [0.25, 0.3) is 10.8 Å². The average Bonchev–Trinajstić information content (AvgIpc) is 2.71. The number of fused-ring (bicyclic) bond motifs is 1. The summed E-state index contributed by atoms with van der Waals surface area (Å²) in [7, 11) is 0. The molecule has 0 fully saturated rings. The van der Waals surface area contributed by atoms with Crippen molar-refractivity contribution in [2.24, 2.45) is 0 Å². The van der Waals surface area contributed by atoms with Crippen LogP contribution >= 0.6 is 11.6 Å². The van der Waals surface area contributed by atoms with E-state index in [0.29, 0.717) is 16.5 Å². The first-order valence-corrected chi connectivity index (χ1v) is 11.3. The van der Waals surface area contributed by atoms with Gasteiger partial charge in [0.1, 0.15) is 24.7 Å². The maximum atomic E-state index is 10.2. The van der Waals surface area contributed by atoms with Crippen molar-refractivity contribution in [3.8, 4) is 11.5 Å². The van der Waals surface area contributed by atoms with Gasteiger partial charge in [0.05, 0.1) is 17.2 Å². The molecule has 29 heavy (non-hydrogen) atoms. The van der Waals surface area contributed by atoms with Crippen LogP contribution in [-0.4, -0.2) is 35.6 Å². The van der Waals surface area contributed by atoms with E-state index in [-0.39, 0.29) is 13.2 Å². The Balaban J connectivity index is 2.05. The van der Waals surface area contributed by atoms with E-state index in [0.717, 1.165) is 62.1 Å². The Hall–Kier alpha value is -1.49. The highest BCUT2D eigenvalue weighted by molar-refractivity contribution is 6.33. The van der Waals surface area contributed by atoms with Gasteiger partial charge in [-0.3, -0.25) is 0 Å². The molecule has 2 atom stereocenters. The maximum absolute atomic E-state index is 10.2. The van der Waals surface area contributed by atoms with Crippen LogP contribution in [0.15, 0.2) is 30.3 Å². The number of aliphatic hydroxyl groups excluding tert-OH is 2. The van der Waals surface area contributed by atoms with Crippen molar-refractivity contribution in [1.29, 1.82) is 0 Å². The van der Waals surface area contributed by atoms with Gasteiger partial charge in [-0.2, -0.15) is 0 Å². The molecule has 2 N–H and O–H groups in total. The molecule has 0 radical (unpaired) electrons. The standard InChI is InChI=1S/C24H35ClO4/c1-3-5-7-10-18(26)16-28-23-13-9-12-21-20(23)14-15-22(25)24(21)29-17-19(27)11-8-6-4-2/h9,12-15,18-19,26-27H,3-8,10-11,16-17H2,1-2H3. The number of ether oxygens (including phenoxy) is 2. The second kappa shape index (κ2) is 12.9. The molecule has 2 rings (SSSR count). The van der Waals surface area contributed by atoms with Crippen molar-refractivity contribution in [2.75, 3.05) is 13.2 Å². The molecule has 0 amide bonds. The summed E-state index contributed by atoms with van der Waals surface area (Å²) in [6.45, 7) is 4.76. The zero-order chi connectivity index (χ0) is 21.1. The average molecular weight is 423 g/mol. The maximum Gasteiger partial charge on any atom is 0.145 e. The summed E-state index contributed by atoms with van der Waals surface area (Å²) in [6.07, 6.45) is 6.96. The third kappa shape index (κ3) is 7.69. The lowest BCUT2D eigenvalue weighted by atomic mass is 10.1. The molecule has 2 aromatic rings. The van der Waals surface area contributed by atoms with E-state index < -0.39 is 12.2 Å². The molecule has 0 aliphatic rings. The van der Waals surface area contributed by atoms with Crippen molar-refractivity contribution in [1.82, 2.24) is 0 Å². The minimum atomic E-state index is -0.509. The highest BCUT2D eigenvalue weighted by Gasteiger charge is 2.14. The molecule has 0 bridgehead atoms. The minimum Gasteiger partial charge on any atom is -0.490 e. The highest BCUT2D eigenvalue weighted by Crippen LogP contribution is 2.37. The molecule has 0 aliphatic carbocycles. The predicted octanol–water partition coefficient (Wildman–Crippen LogP) is 6.13. The van der Waals surface area contributed by atoms with Gasteiger partial charge < -0.3 is 19.7 Å². The van der Waals surface area contributed by atoms with Crippen molar-refractivity contribution in [3.05, 3.63) is 35.4 Å². The monoisotopic (exact) mass is 422 g/mol. The van der Waals surface area contributed by atoms with Gasteiger partial charge in [0.15, 0.2) is 0 Å². The SMILES string of the molecule is CCCCCC(O)COc1cccc2c(OCC(O)CCCCC)c(Cl)ccc12. The van der Waals surface area contributed by atoms with Crippen LogP contribution < -0.4 is 9.47 Å². The highest BCUT2D eigenvalue weighted by atomic mass is 35.5. The van der Waals surface area contributed by atoms with Crippen LogP contribution in [0, 0.1) is 0 Å². The third-order valence-corrected chi connectivity index (χ3v) is 5.35. The van der Waals surface area contributed by atoms with Gasteiger partial charge >= 0.3 is 0 Å². The Labute approximate surface area is 179 Å². The summed E-state index contributed by atoms with van der Waals surface area (Å²) >= 11 is 6.38. The lowest BCUT2D eigenvalue weighted by Crippen LogP contribution is -2.18. The first-order valence-electron chi connectivity index (χ1n) is 10.9. The molecular weight excluding hydrogens is 388 g/mol. The molecule has 0 heterocycles. The Kier molecular flexibility index (Phi) is 10.6. The van der Waals surface area contributed by atoms with E-state index in [1.54, 1.807) is 6.07 Å². The van der Waals surface area contributed by atoms with Gasteiger partial charge in [0, 0.05) is 10.8 Å². The molecule has 2 aromatic carbocycles. The second-order valence-electron chi connectivity index (χ2n) is 7.65. The Bertz CT molecular complexity index is 734. The number of halogens is 1. The molecular formula is C24H35ClO4. The lowest BCUT2D eigenvalue weighted by molar-refractivity contribution is 0.0977. The fourth-order valence-corrected chi connectivity index (χ4v) is 3.56. The van der Waals surface area contributed by atoms with Crippen molar-refractivity contribution in [3.63, 3.8) is 0 Å². The number of benzene rings is 2. The van der Waals surface area contributed by atoms with Crippen LogP contribution in [0.5, 0.6) is 11.5 Å². The Morgan fingerprint density at radius 3 is 2.03 bits per heavy atom. The summed E-state index contributed by atoms with van der Waals surface area (Å²) in [4.78, 5) is 0. The van der Waals surface area contributed by atoms with Gasteiger partial charge in [-0.25, -0.2) is 0 Å². The fraction of sp³-hybridized carbons (Fsp3) is 0.583. The van der Waals surface area contributed by atoms with E-state index in [1.807, 2.05) is 24.3 Å². The van der Waals surface area contributed by atoms with Crippen molar-refractivity contribution < 1.29 is 19.7 Å². The lowest BCUT2D eigenvalue weighted by Gasteiger charge is -2.17. The molecule has 4 nitrogen and oxygen atoms in total. The summed E-state index contributed by atoms with van der Waals surface area (Å²) in [5.74, 6) is 1.26. The number of hydrogen-bond acceptors (Lipinski definition) is 4. The molecule has 5 heteroatoms. The summed E-state index contributed by atoms with van der Waals surface area (Å²) in [5, 5.41) is 22.5. The van der Waals surface area contributed by atoms with E-state index in [9.17, 15) is 10.2 Å². The third-order valence-electron chi connectivity index (χ3n) is 5.06. The largest absolute Gasteiger partial charge is 0.490 e. The zero-order valence-electron chi connectivity index (χ0n) is 17.7. The molecule has 0 saturated carbocycles. The molecule has 0 aliphatic heterocycles. The molecule has 0 saturated heterocycles. The fourth-order valence-electron chi connectivity index (χ4n) is 3.34. The quantitative estimate of drug-likeness (QED) is 0.359. The van der Waals surface area contributed by atoms with Gasteiger partial charge in [0.2, 0.25) is 0 Å². The normalized spacial score (nSPS) is 13.4. The first-order chi connectivity index (χ1) is 14.1. The minimum absolute atomic E-state index is 0.212. The molecule has 162 valence electrons. The van der Waals surface area contributed by atoms with E-state index in [1.165, 1.54) is 0 Å². The summed E-state index contributed by atoms with van der Waals surface area (Å²) in [5.41, 5.74) is 0. The second-order valence-corrected chi connectivity index (χ2v) is 8.06. The Morgan fingerprint density at radius 1 is 0.793 bits per heavy atom. The first kappa shape index (κ1) is 23.8. The Morgan fingerprint density at radius 2 is 1.41 bits per heavy atom. The van der Waals surface area contributed by atoms with Gasteiger partial charge in [0.25, 0.3) is 0 Å². The van der Waals surface area contributed by atoms with E-state index in [4.69, 9.17) is 21.1 Å². The number of aliphatic hydroxyl groups is 2. The van der Waals surface area contributed by atoms with E-state index >= 15 is 0 Å². The summed E-state index contributed by atoms with van der Waals surface area (Å²) in [6, 6.07) is 9.40. The van der Waals surface area contributed by atoms with Crippen LogP contribution in [0.2, 0.25) is 5.02 Å². The molecule has 2 unspecified atom stereocenters. The van der Waals surface area contributed by atoms with Gasteiger partial charge in [-0.05, 0) is 31.0 Å². The van der Waals surface area contributed by atoms with E-state index in [2.05, 4.69) is 13.8 Å². The topological polar surface area (TPSA) is 58.9 Å². The smallest absolute Gasteiger partial charge is 0.145 e. The zero-order valence-corrected chi connectivity index (χ0v) is 18.5. The van der Waals surface area contributed by atoms with Crippen LogP contribution in [-0.2, 0) is 0 Å². The van der Waals surface area contributed by atoms with Crippen LogP contribution in [0.4, 0.5) is 0 Å². The van der Waals surface area contributed by atoms with Crippen molar-refractivity contribution >= 4 is 22.4 Å². The number of unbranched alkanes of at least 4 members (excludes halogenated alkanes) is 4. The van der Waals surface area contributed by atoms with Gasteiger partial charge in [-0.1, -0.05) is 76.1 Å². The number of rotatable bonds is 14. The van der Waals surface area contributed by atoms with Crippen LogP contribution in [0.3, 0.4) is 0 Å². The summed E-state index contributed by atoms with van der Waals surface area (Å²) < 4.78 is 11.8. The van der Waals surface area contributed by atoms with Crippen molar-refractivity contribution in [2.45, 2.75) is 77.4 Å².